The Hall–Kier alpha value is -0.0800. The molecule has 0 amide bonds. The van der Waals surface area contributed by atoms with Crippen LogP contribution in [0.5, 0.6) is 0 Å². The van der Waals surface area contributed by atoms with E-state index in [9.17, 15) is 0 Å². The standard InChI is InChI=1S/C6H14N2/c1-6-4-3-5-8(2)7-6/h6-7H,3-5H2,1-2H3/t6-/m1/s1. The van der Waals surface area contributed by atoms with E-state index in [1.165, 1.54) is 19.4 Å². The van der Waals surface area contributed by atoms with Crippen LogP contribution in [0.2, 0.25) is 0 Å². The first kappa shape index (κ1) is 6.05. The van der Waals surface area contributed by atoms with Gasteiger partial charge in [0.05, 0.1) is 0 Å². The van der Waals surface area contributed by atoms with Crippen LogP contribution < -0.4 is 5.43 Å². The van der Waals surface area contributed by atoms with Crippen molar-refractivity contribution in [1.29, 1.82) is 0 Å². The minimum absolute atomic E-state index is 0.689. The highest BCUT2D eigenvalue weighted by atomic mass is 15.5. The second-order valence-electron chi connectivity index (χ2n) is 2.59. The Morgan fingerprint density at radius 2 is 2.38 bits per heavy atom. The van der Waals surface area contributed by atoms with Crippen LogP contribution in [-0.2, 0) is 0 Å². The summed E-state index contributed by atoms with van der Waals surface area (Å²) in [5.74, 6) is 0. The van der Waals surface area contributed by atoms with Gasteiger partial charge in [-0.2, -0.15) is 0 Å². The Bertz CT molecular complexity index is 64.9. The highest BCUT2D eigenvalue weighted by Gasteiger charge is 2.09. The molecule has 1 fully saturated rings. The molecular weight excluding hydrogens is 100 g/mol. The number of rotatable bonds is 0. The SMILES string of the molecule is C[C@@H]1CCCN(C)N1. The lowest BCUT2D eigenvalue weighted by Gasteiger charge is -2.28. The fourth-order valence-corrected chi connectivity index (χ4v) is 1.14. The Kier molecular flexibility index (Phi) is 1.86. The highest BCUT2D eigenvalue weighted by molar-refractivity contribution is 4.64. The molecule has 0 saturated carbocycles. The van der Waals surface area contributed by atoms with Gasteiger partial charge in [-0.15, -0.1) is 0 Å². The monoisotopic (exact) mass is 114 g/mol. The van der Waals surface area contributed by atoms with Crippen LogP contribution in [0, 0.1) is 0 Å². The molecule has 0 aromatic carbocycles. The lowest BCUT2D eigenvalue weighted by molar-refractivity contribution is 0.155. The lowest BCUT2D eigenvalue weighted by atomic mass is 10.1. The van der Waals surface area contributed by atoms with Crippen LogP contribution in [-0.4, -0.2) is 24.6 Å². The van der Waals surface area contributed by atoms with Gasteiger partial charge in [0.15, 0.2) is 0 Å². The molecule has 0 aromatic rings. The van der Waals surface area contributed by atoms with Crippen molar-refractivity contribution in [1.82, 2.24) is 10.4 Å². The summed E-state index contributed by atoms with van der Waals surface area (Å²) in [5.41, 5.74) is 3.31. The van der Waals surface area contributed by atoms with Gasteiger partial charge in [0.25, 0.3) is 0 Å². The smallest absolute Gasteiger partial charge is 0.0187 e. The maximum atomic E-state index is 3.31. The second kappa shape index (κ2) is 2.46. The van der Waals surface area contributed by atoms with Crippen molar-refractivity contribution in [3.63, 3.8) is 0 Å². The van der Waals surface area contributed by atoms with Gasteiger partial charge in [-0.05, 0) is 19.8 Å². The average Bonchev–Trinajstić information content (AvgIpc) is 1.64. The maximum Gasteiger partial charge on any atom is 0.0187 e. The molecule has 1 aliphatic heterocycles. The van der Waals surface area contributed by atoms with Gasteiger partial charge in [0, 0.05) is 19.6 Å². The molecule has 0 bridgehead atoms. The molecule has 1 heterocycles. The van der Waals surface area contributed by atoms with Crippen molar-refractivity contribution in [2.75, 3.05) is 13.6 Å². The summed E-state index contributed by atoms with van der Waals surface area (Å²) in [4.78, 5) is 0. The molecule has 1 rings (SSSR count). The number of nitrogens with one attached hydrogen (secondary N) is 1. The molecule has 0 spiro atoms. The summed E-state index contributed by atoms with van der Waals surface area (Å²) in [6, 6.07) is 0.689. The fraction of sp³-hybridized carbons (Fsp3) is 1.00. The predicted octanol–water partition coefficient (Wildman–Crippen LogP) is 0.605. The van der Waals surface area contributed by atoms with Gasteiger partial charge < -0.3 is 0 Å². The minimum atomic E-state index is 0.689. The van der Waals surface area contributed by atoms with Crippen molar-refractivity contribution >= 4 is 0 Å². The Morgan fingerprint density at radius 1 is 1.62 bits per heavy atom. The quantitative estimate of drug-likeness (QED) is 0.496. The molecule has 2 nitrogen and oxygen atoms in total. The van der Waals surface area contributed by atoms with E-state index in [2.05, 4.69) is 24.4 Å². The molecule has 1 N–H and O–H groups in total. The van der Waals surface area contributed by atoms with Crippen LogP contribution in [0.4, 0.5) is 0 Å². The van der Waals surface area contributed by atoms with Gasteiger partial charge >= 0.3 is 0 Å². The van der Waals surface area contributed by atoms with Crippen LogP contribution in [0.25, 0.3) is 0 Å². The first-order chi connectivity index (χ1) is 3.79. The van der Waals surface area contributed by atoms with E-state index < -0.39 is 0 Å². The molecule has 8 heavy (non-hydrogen) atoms. The Balaban J connectivity index is 2.23. The number of hydrogen-bond donors (Lipinski definition) is 1. The molecule has 0 radical (unpaired) electrons. The van der Waals surface area contributed by atoms with Crippen LogP contribution in [0.15, 0.2) is 0 Å². The van der Waals surface area contributed by atoms with Crippen molar-refractivity contribution in [3.05, 3.63) is 0 Å². The topological polar surface area (TPSA) is 15.3 Å². The summed E-state index contributed by atoms with van der Waals surface area (Å²) in [5, 5.41) is 2.16. The van der Waals surface area contributed by atoms with Gasteiger partial charge in [-0.1, -0.05) is 0 Å². The minimum Gasteiger partial charge on any atom is -0.253 e. The molecule has 1 saturated heterocycles. The fourth-order valence-electron chi connectivity index (χ4n) is 1.14. The van der Waals surface area contributed by atoms with E-state index in [1.54, 1.807) is 0 Å². The summed E-state index contributed by atoms with van der Waals surface area (Å²) in [6.45, 7) is 3.42. The highest BCUT2D eigenvalue weighted by Crippen LogP contribution is 2.02. The van der Waals surface area contributed by atoms with Gasteiger partial charge in [0.1, 0.15) is 0 Å². The van der Waals surface area contributed by atoms with Crippen molar-refractivity contribution < 1.29 is 0 Å². The molecule has 1 aliphatic rings. The molecule has 1 atom stereocenters. The summed E-state index contributed by atoms with van der Waals surface area (Å²) >= 11 is 0. The van der Waals surface area contributed by atoms with E-state index >= 15 is 0 Å². The molecule has 0 aliphatic carbocycles. The van der Waals surface area contributed by atoms with E-state index in [4.69, 9.17) is 0 Å². The first-order valence-electron chi connectivity index (χ1n) is 3.26. The number of nitrogens with zero attached hydrogens (tertiary/aromatic N) is 1. The van der Waals surface area contributed by atoms with Crippen LogP contribution in [0.1, 0.15) is 19.8 Å². The molecular formula is C6H14N2. The summed E-state index contributed by atoms with van der Waals surface area (Å²) in [6.07, 6.45) is 2.66. The second-order valence-corrected chi connectivity index (χ2v) is 2.59. The third-order valence-electron chi connectivity index (χ3n) is 1.57. The maximum absolute atomic E-state index is 3.31. The van der Waals surface area contributed by atoms with Crippen molar-refractivity contribution in [2.45, 2.75) is 25.8 Å². The van der Waals surface area contributed by atoms with E-state index in [-0.39, 0.29) is 0 Å². The van der Waals surface area contributed by atoms with Crippen molar-refractivity contribution in [3.8, 4) is 0 Å². The third-order valence-corrected chi connectivity index (χ3v) is 1.57. The Morgan fingerprint density at radius 3 is 2.75 bits per heavy atom. The van der Waals surface area contributed by atoms with Crippen LogP contribution >= 0.6 is 0 Å². The average molecular weight is 114 g/mol. The van der Waals surface area contributed by atoms with Crippen molar-refractivity contribution in [2.24, 2.45) is 0 Å². The normalized spacial score (nSPS) is 33.0. The van der Waals surface area contributed by atoms with E-state index in [0.29, 0.717) is 6.04 Å². The molecule has 2 heteroatoms. The zero-order valence-corrected chi connectivity index (χ0v) is 5.65. The number of hydrogen-bond acceptors (Lipinski definition) is 2. The molecule has 48 valence electrons. The predicted molar refractivity (Wildman–Crippen MR) is 34.5 cm³/mol. The third kappa shape index (κ3) is 1.46. The van der Waals surface area contributed by atoms with Gasteiger partial charge in [-0.25, -0.2) is 5.01 Å². The van der Waals surface area contributed by atoms with Gasteiger partial charge in [0.2, 0.25) is 0 Å². The largest absolute Gasteiger partial charge is 0.253 e. The number of hydrazine groups is 1. The summed E-state index contributed by atoms with van der Waals surface area (Å²) in [7, 11) is 2.09. The zero-order chi connectivity index (χ0) is 5.98. The first-order valence-corrected chi connectivity index (χ1v) is 3.26. The Labute approximate surface area is 50.8 Å². The molecule has 0 unspecified atom stereocenters. The zero-order valence-electron chi connectivity index (χ0n) is 5.65. The van der Waals surface area contributed by atoms with Gasteiger partial charge in [-0.3, -0.25) is 5.43 Å². The summed E-state index contributed by atoms with van der Waals surface area (Å²) < 4.78 is 0. The van der Waals surface area contributed by atoms with Crippen LogP contribution in [0.3, 0.4) is 0 Å². The van der Waals surface area contributed by atoms with E-state index in [1.807, 2.05) is 0 Å². The van der Waals surface area contributed by atoms with E-state index in [0.717, 1.165) is 0 Å². The molecule has 0 aromatic heterocycles. The lowest BCUT2D eigenvalue weighted by Crippen LogP contribution is -2.45.